The molecule has 0 N–H and O–H groups in total. The van der Waals surface area contributed by atoms with E-state index in [4.69, 9.17) is 4.74 Å². The molecule has 0 aliphatic carbocycles. The molecule has 1 aliphatic rings. The number of hydrogen-bond donors (Lipinski definition) is 0. The number of benzene rings is 2. The average molecular weight is 350 g/mol. The lowest BCUT2D eigenvalue weighted by atomic mass is 10.1. The molecule has 2 aromatic rings. The SMILES string of the molecule is O=C(OCc1ccccc1)N1CCc2c(F)cc(Br)cc21. The van der Waals surface area contributed by atoms with Gasteiger partial charge < -0.3 is 4.74 Å². The maximum absolute atomic E-state index is 13.8. The van der Waals surface area contributed by atoms with E-state index < -0.39 is 6.09 Å². The van der Waals surface area contributed by atoms with Crippen molar-refractivity contribution in [2.75, 3.05) is 11.4 Å². The molecule has 21 heavy (non-hydrogen) atoms. The van der Waals surface area contributed by atoms with Crippen LogP contribution in [0.4, 0.5) is 14.9 Å². The molecular weight excluding hydrogens is 337 g/mol. The van der Waals surface area contributed by atoms with Crippen LogP contribution in [-0.2, 0) is 17.8 Å². The normalized spacial score (nSPS) is 13.1. The molecule has 1 heterocycles. The van der Waals surface area contributed by atoms with Gasteiger partial charge in [-0.3, -0.25) is 4.90 Å². The lowest BCUT2D eigenvalue weighted by molar-refractivity contribution is 0.147. The van der Waals surface area contributed by atoms with Gasteiger partial charge in [0.2, 0.25) is 0 Å². The lowest BCUT2D eigenvalue weighted by Crippen LogP contribution is -2.29. The number of nitrogens with zero attached hydrogens (tertiary/aromatic N) is 1. The summed E-state index contributed by atoms with van der Waals surface area (Å²) in [6.07, 6.45) is 0.0598. The molecule has 2 aromatic carbocycles. The van der Waals surface area contributed by atoms with E-state index in [1.54, 1.807) is 6.07 Å². The van der Waals surface area contributed by atoms with Crippen molar-refractivity contribution < 1.29 is 13.9 Å². The largest absolute Gasteiger partial charge is 0.444 e. The number of rotatable bonds is 2. The number of carbonyl (C=O) groups is 1. The van der Waals surface area contributed by atoms with E-state index in [1.165, 1.54) is 11.0 Å². The summed E-state index contributed by atoms with van der Waals surface area (Å²) >= 11 is 3.25. The van der Waals surface area contributed by atoms with Crippen LogP contribution in [0, 0.1) is 5.82 Å². The third-order valence-corrected chi connectivity index (χ3v) is 3.90. The van der Waals surface area contributed by atoms with Crippen molar-refractivity contribution in [1.29, 1.82) is 0 Å². The molecule has 0 fully saturated rings. The van der Waals surface area contributed by atoms with Gasteiger partial charge in [-0.25, -0.2) is 9.18 Å². The van der Waals surface area contributed by atoms with E-state index in [9.17, 15) is 9.18 Å². The van der Waals surface area contributed by atoms with Gasteiger partial charge in [-0.2, -0.15) is 0 Å². The van der Waals surface area contributed by atoms with Gasteiger partial charge in [0.15, 0.2) is 0 Å². The van der Waals surface area contributed by atoms with Gasteiger partial charge in [0.05, 0.1) is 5.69 Å². The highest BCUT2D eigenvalue weighted by Crippen LogP contribution is 2.33. The third kappa shape index (κ3) is 2.93. The Balaban J connectivity index is 1.73. The van der Waals surface area contributed by atoms with Crippen molar-refractivity contribution >= 4 is 27.7 Å². The minimum Gasteiger partial charge on any atom is -0.444 e. The van der Waals surface area contributed by atoms with Crippen LogP contribution < -0.4 is 4.90 Å². The molecule has 1 amide bonds. The molecule has 3 nitrogen and oxygen atoms in total. The molecule has 0 spiro atoms. The summed E-state index contributed by atoms with van der Waals surface area (Å²) in [5.74, 6) is -0.294. The number of ether oxygens (including phenoxy) is 1. The van der Waals surface area contributed by atoms with Gasteiger partial charge in [0, 0.05) is 16.6 Å². The Morgan fingerprint density at radius 1 is 1.29 bits per heavy atom. The first-order valence-electron chi connectivity index (χ1n) is 6.61. The predicted molar refractivity (Wildman–Crippen MR) is 81.8 cm³/mol. The monoisotopic (exact) mass is 349 g/mol. The van der Waals surface area contributed by atoms with Gasteiger partial charge in [0.1, 0.15) is 12.4 Å². The Morgan fingerprint density at radius 2 is 2.05 bits per heavy atom. The van der Waals surface area contributed by atoms with E-state index in [2.05, 4.69) is 15.9 Å². The second-order valence-electron chi connectivity index (χ2n) is 4.83. The first kappa shape index (κ1) is 14.1. The van der Waals surface area contributed by atoms with Gasteiger partial charge in [-0.1, -0.05) is 46.3 Å². The fourth-order valence-corrected chi connectivity index (χ4v) is 2.83. The smallest absolute Gasteiger partial charge is 0.414 e. The lowest BCUT2D eigenvalue weighted by Gasteiger charge is -2.17. The number of amides is 1. The van der Waals surface area contributed by atoms with Crippen LogP contribution in [0.15, 0.2) is 46.9 Å². The van der Waals surface area contributed by atoms with Crippen LogP contribution in [0.25, 0.3) is 0 Å². The van der Waals surface area contributed by atoms with Crippen molar-refractivity contribution in [3.63, 3.8) is 0 Å². The zero-order valence-electron chi connectivity index (χ0n) is 11.2. The second-order valence-corrected chi connectivity index (χ2v) is 5.74. The molecule has 0 saturated heterocycles. The molecule has 3 rings (SSSR count). The fourth-order valence-electron chi connectivity index (χ4n) is 2.41. The molecule has 0 bridgehead atoms. The topological polar surface area (TPSA) is 29.5 Å². The van der Waals surface area contributed by atoms with Gasteiger partial charge in [-0.05, 0) is 24.1 Å². The van der Waals surface area contributed by atoms with Gasteiger partial charge >= 0.3 is 6.09 Å². The minimum absolute atomic E-state index is 0.210. The highest BCUT2D eigenvalue weighted by atomic mass is 79.9. The van der Waals surface area contributed by atoms with Crippen molar-refractivity contribution in [2.45, 2.75) is 13.0 Å². The van der Waals surface area contributed by atoms with Crippen molar-refractivity contribution in [2.24, 2.45) is 0 Å². The molecule has 5 heteroatoms. The van der Waals surface area contributed by atoms with Crippen LogP contribution in [0.5, 0.6) is 0 Å². The van der Waals surface area contributed by atoms with Crippen molar-refractivity contribution in [3.8, 4) is 0 Å². The van der Waals surface area contributed by atoms with Crippen LogP contribution >= 0.6 is 15.9 Å². The van der Waals surface area contributed by atoms with Crippen LogP contribution in [0.1, 0.15) is 11.1 Å². The maximum Gasteiger partial charge on any atom is 0.414 e. The summed E-state index contributed by atoms with van der Waals surface area (Å²) < 4.78 is 19.7. The number of hydrogen-bond acceptors (Lipinski definition) is 2. The summed E-state index contributed by atoms with van der Waals surface area (Å²) in [6, 6.07) is 12.6. The standard InChI is InChI=1S/C16H13BrFNO2/c17-12-8-14(18)13-6-7-19(15(13)9-12)16(20)21-10-11-4-2-1-3-5-11/h1-5,8-9H,6-7,10H2. The number of anilines is 1. The first-order valence-corrected chi connectivity index (χ1v) is 7.40. The molecule has 1 aliphatic heterocycles. The molecule has 108 valence electrons. The Hall–Kier alpha value is -1.88. The van der Waals surface area contributed by atoms with E-state index >= 15 is 0 Å². The Kier molecular flexibility index (Phi) is 3.92. The number of fused-ring (bicyclic) bond motifs is 1. The predicted octanol–water partition coefficient (Wildman–Crippen LogP) is 4.29. The third-order valence-electron chi connectivity index (χ3n) is 3.44. The summed E-state index contributed by atoms with van der Waals surface area (Å²) in [5.41, 5.74) is 2.07. The minimum atomic E-state index is -0.449. The highest BCUT2D eigenvalue weighted by Gasteiger charge is 2.28. The quantitative estimate of drug-likeness (QED) is 0.809. The Morgan fingerprint density at radius 3 is 2.81 bits per heavy atom. The van der Waals surface area contributed by atoms with Crippen LogP contribution in [0.2, 0.25) is 0 Å². The van der Waals surface area contributed by atoms with Crippen molar-refractivity contribution in [1.82, 2.24) is 0 Å². The highest BCUT2D eigenvalue weighted by molar-refractivity contribution is 9.10. The van der Waals surface area contributed by atoms with E-state index in [0.29, 0.717) is 28.7 Å². The average Bonchev–Trinajstić information content (AvgIpc) is 2.90. The molecule has 0 aromatic heterocycles. The molecule has 0 saturated carbocycles. The van der Waals surface area contributed by atoms with Crippen molar-refractivity contribution in [3.05, 3.63) is 63.9 Å². The fraction of sp³-hybridized carbons (Fsp3) is 0.188. The van der Waals surface area contributed by atoms with Gasteiger partial charge in [-0.15, -0.1) is 0 Å². The van der Waals surface area contributed by atoms with Crippen LogP contribution in [0.3, 0.4) is 0 Å². The van der Waals surface area contributed by atoms with E-state index in [0.717, 1.165) is 5.56 Å². The van der Waals surface area contributed by atoms with E-state index in [-0.39, 0.29) is 12.4 Å². The maximum atomic E-state index is 13.8. The number of halogens is 2. The molecule has 0 radical (unpaired) electrons. The van der Waals surface area contributed by atoms with Gasteiger partial charge in [0.25, 0.3) is 0 Å². The zero-order chi connectivity index (χ0) is 14.8. The summed E-state index contributed by atoms with van der Waals surface area (Å²) in [4.78, 5) is 13.6. The second kappa shape index (κ2) is 5.85. The molecule has 0 unspecified atom stereocenters. The first-order chi connectivity index (χ1) is 10.1. The Bertz CT molecular complexity index is 675. The molecular formula is C16H13BrFNO2. The summed E-state index contributed by atoms with van der Waals surface area (Å²) in [5, 5.41) is 0. The Labute approximate surface area is 130 Å². The zero-order valence-corrected chi connectivity index (χ0v) is 12.8. The molecule has 0 atom stereocenters. The van der Waals surface area contributed by atoms with Crippen LogP contribution in [-0.4, -0.2) is 12.6 Å². The summed E-state index contributed by atoms with van der Waals surface area (Å²) in [7, 11) is 0. The summed E-state index contributed by atoms with van der Waals surface area (Å²) in [6.45, 7) is 0.651. The van der Waals surface area contributed by atoms with E-state index in [1.807, 2.05) is 30.3 Å². The number of carbonyl (C=O) groups excluding carboxylic acids is 1.